The molecule has 0 atom stereocenters. The fraction of sp³-hybridized carbons (Fsp3) is 0.357. The van der Waals surface area contributed by atoms with E-state index in [-0.39, 0.29) is 12.5 Å². The number of aryl methyl sites for hydroxylation is 1. The summed E-state index contributed by atoms with van der Waals surface area (Å²) in [7, 11) is 0. The van der Waals surface area contributed by atoms with Gasteiger partial charge in [0.1, 0.15) is 11.6 Å². The Morgan fingerprint density at radius 2 is 2.20 bits per heavy atom. The van der Waals surface area contributed by atoms with E-state index in [4.69, 9.17) is 4.42 Å². The number of carbonyl (C=O) groups excluding carboxylic acids is 1. The largest absolute Gasteiger partial charge is 0.444 e. The number of nitrogens with zero attached hydrogens (tertiary/aromatic N) is 2. The highest BCUT2D eigenvalue weighted by Crippen LogP contribution is 2.07. The molecule has 1 amide bonds. The first-order chi connectivity index (χ1) is 9.72. The fourth-order valence-corrected chi connectivity index (χ4v) is 1.70. The lowest BCUT2D eigenvalue weighted by atomic mass is 10.2. The fourth-order valence-electron chi connectivity index (χ4n) is 1.70. The van der Waals surface area contributed by atoms with Crippen molar-refractivity contribution in [2.45, 2.75) is 26.8 Å². The van der Waals surface area contributed by atoms with Gasteiger partial charge in [-0.1, -0.05) is 6.92 Å². The second-order valence-electron chi connectivity index (χ2n) is 4.22. The highest BCUT2D eigenvalue weighted by Gasteiger charge is 2.08. The van der Waals surface area contributed by atoms with Crippen LogP contribution in [-0.4, -0.2) is 22.4 Å². The third-order valence-corrected chi connectivity index (χ3v) is 2.73. The lowest BCUT2D eigenvalue weighted by Crippen LogP contribution is -2.23. The first-order valence-electron chi connectivity index (χ1n) is 6.64. The van der Waals surface area contributed by atoms with Crippen LogP contribution in [0.15, 0.2) is 28.9 Å². The first-order valence-corrected chi connectivity index (χ1v) is 6.64. The van der Waals surface area contributed by atoms with Crippen LogP contribution in [0.5, 0.6) is 0 Å². The highest BCUT2D eigenvalue weighted by molar-refractivity contribution is 5.94. The van der Waals surface area contributed by atoms with Crippen molar-refractivity contribution in [3.63, 3.8) is 0 Å². The molecule has 106 valence electrons. The number of carbonyl (C=O) groups is 1. The topological polar surface area (TPSA) is 80.0 Å². The third-order valence-electron chi connectivity index (χ3n) is 2.73. The number of aromatic nitrogens is 2. The summed E-state index contributed by atoms with van der Waals surface area (Å²) in [5.41, 5.74) is 0.554. The Morgan fingerprint density at radius 3 is 2.90 bits per heavy atom. The van der Waals surface area contributed by atoms with Crippen molar-refractivity contribution < 1.29 is 9.21 Å². The molecule has 0 radical (unpaired) electrons. The molecule has 0 aliphatic carbocycles. The molecule has 0 fully saturated rings. The monoisotopic (exact) mass is 274 g/mol. The predicted octanol–water partition coefficient (Wildman–Crippen LogP) is 1.99. The third kappa shape index (κ3) is 3.57. The summed E-state index contributed by atoms with van der Waals surface area (Å²) in [5.74, 6) is 1.83. The Labute approximate surface area is 117 Å². The molecule has 2 aromatic rings. The van der Waals surface area contributed by atoms with Crippen LogP contribution in [0.3, 0.4) is 0 Å². The summed E-state index contributed by atoms with van der Waals surface area (Å²) in [5, 5.41) is 5.84. The summed E-state index contributed by atoms with van der Waals surface area (Å²) >= 11 is 0. The van der Waals surface area contributed by atoms with Crippen molar-refractivity contribution in [2.24, 2.45) is 0 Å². The van der Waals surface area contributed by atoms with Gasteiger partial charge in [-0.15, -0.1) is 0 Å². The standard InChI is InChI=1S/C14H18N4O2/c1-3-11-8-17-13(20-11)9-18-14(19)10-5-6-16-12(7-10)15-4-2/h5-8H,3-4,9H2,1-2H3,(H,15,16)(H,18,19). The first kappa shape index (κ1) is 14.0. The smallest absolute Gasteiger partial charge is 0.251 e. The second-order valence-corrected chi connectivity index (χ2v) is 4.22. The van der Waals surface area contributed by atoms with Gasteiger partial charge >= 0.3 is 0 Å². The van der Waals surface area contributed by atoms with E-state index >= 15 is 0 Å². The molecule has 0 saturated carbocycles. The van der Waals surface area contributed by atoms with Crippen LogP contribution in [0.2, 0.25) is 0 Å². The van der Waals surface area contributed by atoms with Crippen molar-refractivity contribution in [1.29, 1.82) is 0 Å². The molecule has 6 nitrogen and oxygen atoms in total. The van der Waals surface area contributed by atoms with Crippen LogP contribution in [0, 0.1) is 0 Å². The summed E-state index contributed by atoms with van der Waals surface area (Å²) in [4.78, 5) is 20.2. The molecule has 0 aliphatic rings. The Hall–Kier alpha value is -2.37. The molecule has 20 heavy (non-hydrogen) atoms. The van der Waals surface area contributed by atoms with Crippen molar-refractivity contribution in [3.05, 3.63) is 41.7 Å². The maximum atomic E-state index is 12.0. The molecule has 2 aromatic heterocycles. The van der Waals surface area contributed by atoms with Gasteiger partial charge in [-0.2, -0.15) is 0 Å². The molecule has 0 spiro atoms. The van der Waals surface area contributed by atoms with Crippen molar-refractivity contribution in [3.8, 4) is 0 Å². The number of hydrogen-bond donors (Lipinski definition) is 2. The zero-order valence-corrected chi connectivity index (χ0v) is 11.6. The minimum Gasteiger partial charge on any atom is -0.444 e. The van der Waals surface area contributed by atoms with Gasteiger partial charge in [-0.3, -0.25) is 4.79 Å². The lowest BCUT2D eigenvalue weighted by molar-refractivity contribution is 0.0947. The molecule has 2 rings (SSSR count). The van der Waals surface area contributed by atoms with E-state index in [9.17, 15) is 4.79 Å². The summed E-state index contributed by atoms with van der Waals surface area (Å²) < 4.78 is 5.43. The van der Waals surface area contributed by atoms with E-state index in [1.54, 1.807) is 24.5 Å². The van der Waals surface area contributed by atoms with E-state index in [0.29, 0.717) is 17.3 Å². The molecule has 0 saturated heterocycles. The number of rotatable bonds is 6. The molecule has 0 aliphatic heterocycles. The van der Waals surface area contributed by atoms with E-state index < -0.39 is 0 Å². The van der Waals surface area contributed by atoms with Gasteiger partial charge in [0, 0.05) is 24.7 Å². The van der Waals surface area contributed by atoms with Crippen LogP contribution in [0.25, 0.3) is 0 Å². The molecule has 6 heteroatoms. The highest BCUT2D eigenvalue weighted by atomic mass is 16.4. The number of pyridine rings is 1. The van der Waals surface area contributed by atoms with E-state index in [2.05, 4.69) is 20.6 Å². The van der Waals surface area contributed by atoms with Gasteiger partial charge in [-0.25, -0.2) is 9.97 Å². The number of anilines is 1. The minimum absolute atomic E-state index is 0.178. The zero-order valence-electron chi connectivity index (χ0n) is 11.6. The average Bonchev–Trinajstić information content (AvgIpc) is 2.93. The van der Waals surface area contributed by atoms with Gasteiger partial charge in [0.05, 0.1) is 12.7 Å². The Bertz CT molecular complexity index is 580. The van der Waals surface area contributed by atoms with Gasteiger partial charge in [0.2, 0.25) is 5.89 Å². The lowest BCUT2D eigenvalue weighted by Gasteiger charge is -2.05. The number of amides is 1. The zero-order chi connectivity index (χ0) is 14.4. The van der Waals surface area contributed by atoms with Crippen LogP contribution < -0.4 is 10.6 Å². The van der Waals surface area contributed by atoms with Crippen LogP contribution in [0.4, 0.5) is 5.82 Å². The van der Waals surface area contributed by atoms with E-state index in [1.807, 2.05) is 13.8 Å². The normalized spacial score (nSPS) is 10.3. The number of nitrogens with one attached hydrogen (secondary N) is 2. The molecular formula is C14H18N4O2. The molecule has 0 aromatic carbocycles. The van der Waals surface area contributed by atoms with Gasteiger partial charge in [-0.05, 0) is 19.1 Å². The Kier molecular flexibility index (Phi) is 4.70. The van der Waals surface area contributed by atoms with Crippen molar-refractivity contribution >= 4 is 11.7 Å². The molecule has 2 heterocycles. The second kappa shape index (κ2) is 6.70. The predicted molar refractivity (Wildman–Crippen MR) is 75.5 cm³/mol. The number of oxazole rings is 1. The van der Waals surface area contributed by atoms with Crippen LogP contribution >= 0.6 is 0 Å². The maximum absolute atomic E-state index is 12.0. The molecule has 0 bridgehead atoms. The Balaban J connectivity index is 1.95. The van der Waals surface area contributed by atoms with Crippen molar-refractivity contribution in [1.82, 2.24) is 15.3 Å². The van der Waals surface area contributed by atoms with Crippen LogP contribution in [0.1, 0.15) is 35.9 Å². The minimum atomic E-state index is -0.178. The quantitative estimate of drug-likeness (QED) is 0.842. The van der Waals surface area contributed by atoms with Crippen LogP contribution in [-0.2, 0) is 13.0 Å². The van der Waals surface area contributed by atoms with E-state index in [1.165, 1.54) is 0 Å². The molecule has 2 N–H and O–H groups in total. The van der Waals surface area contributed by atoms with Gasteiger partial charge < -0.3 is 15.1 Å². The van der Waals surface area contributed by atoms with Crippen molar-refractivity contribution in [2.75, 3.05) is 11.9 Å². The van der Waals surface area contributed by atoms with Gasteiger partial charge in [0.25, 0.3) is 5.91 Å². The average molecular weight is 274 g/mol. The summed E-state index contributed by atoms with van der Waals surface area (Å²) in [6.45, 7) is 5.00. The number of hydrogen-bond acceptors (Lipinski definition) is 5. The molecular weight excluding hydrogens is 256 g/mol. The summed E-state index contributed by atoms with van der Waals surface area (Å²) in [6, 6.07) is 3.38. The molecule has 0 unspecified atom stereocenters. The Morgan fingerprint density at radius 1 is 1.35 bits per heavy atom. The maximum Gasteiger partial charge on any atom is 0.251 e. The van der Waals surface area contributed by atoms with Gasteiger partial charge in [0.15, 0.2) is 0 Å². The SMILES string of the molecule is CCNc1cc(C(=O)NCc2ncc(CC)o2)ccn1. The van der Waals surface area contributed by atoms with E-state index in [0.717, 1.165) is 18.7 Å². The summed E-state index contributed by atoms with van der Waals surface area (Å²) in [6.07, 6.45) is 4.07.